The molecule has 5 heteroatoms. The molecule has 23 heavy (non-hydrogen) atoms. The molecule has 8 atom stereocenters. The van der Waals surface area contributed by atoms with Crippen molar-refractivity contribution in [2.45, 2.75) is 90.7 Å². The first kappa shape index (κ1) is 19.1. The lowest BCUT2D eigenvalue weighted by atomic mass is 9.60. The van der Waals surface area contributed by atoms with Crippen LogP contribution >= 0.6 is 0 Å². The van der Waals surface area contributed by atoms with Crippen LogP contribution in [0.1, 0.15) is 54.4 Å². The Morgan fingerprint density at radius 1 is 1.09 bits per heavy atom. The molecule has 2 fully saturated rings. The predicted molar refractivity (Wildman–Crippen MR) is 87.7 cm³/mol. The molecule has 0 aromatic rings. The Kier molecular flexibility index (Phi) is 5.79. The van der Waals surface area contributed by atoms with E-state index in [4.69, 9.17) is 9.47 Å². The maximum absolute atomic E-state index is 10.3. The molecular weight excluding hydrogens is 296 g/mol. The second kappa shape index (κ2) is 6.96. The minimum atomic E-state index is -1.24. The zero-order valence-electron chi connectivity index (χ0n) is 15.3. The average molecular weight is 330 g/mol. The average Bonchev–Trinajstić information content (AvgIpc) is 2.46. The molecular formula is C18H34O5. The van der Waals surface area contributed by atoms with Gasteiger partial charge in [0.2, 0.25) is 0 Å². The first-order valence-electron chi connectivity index (χ1n) is 8.92. The molecule has 1 saturated heterocycles. The number of ether oxygens (including phenoxy) is 2. The molecule has 1 aliphatic heterocycles. The minimum absolute atomic E-state index is 0.318. The van der Waals surface area contributed by atoms with Crippen LogP contribution in [0.25, 0.3) is 0 Å². The number of hydrogen-bond acceptors (Lipinski definition) is 5. The summed E-state index contributed by atoms with van der Waals surface area (Å²) < 4.78 is 11.9. The van der Waals surface area contributed by atoms with Gasteiger partial charge in [-0.2, -0.15) is 0 Å². The Balaban J connectivity index is 2.05. The highest BCUT2D eigenvalue weighted by Gasteiger charge is 2.50. The van der Waals surface area contributed by atoms with Gasteiger partial charge in [0.1, 0.15) is 18.3 Å². The van der Waals surface area contributed by atoms with Crippen LogP contribution in [0.5, 0.6) is 0 Å². The predicted octanol–water partition coefficient (Wildman–Crippen LogP) is 1.93. The Bertz CT molecular complexity index is 397. The van der Waals surface area contributed by atoms with Crippen molar-refractivity contribution >= 4 is 0 Å². The van der Waals surface area contributed by atoms with Crippen LogP contribution in [0.4, 0.5) is 0 Å². The SMILES string of the molecule is CC(C)CC1OC(OC(C)(C)C2CC(C)C2C)C(O)C(O)C1O. The van der Waals surface area contributed by atoms with Gasteiger partial charge < -0.3 is 24.8 Å². The molecule has 3 N–H and O–H groups in total. The van der Waals surface area contributed by atoms with Crippen molar-refractivity contribution in [3.63, 3.8) is 0 Å². The van der Waals surface area contributed by atoms with E-state index < -0.39 is 36.3 Å². The van der Waals surface area contributed by atoms with Gasteiger partial charge in [-0.25, -0.2) is 0 Å². The van der Waals surface area contributed by atoms with Gasteiger partial charge in [0, 0.05) is 0 Å². The van der Waals surface area contributed by atoms with Crippen LogP contribution in [0, 0.1) is 23.7 Å². The molecule has 2 aliphatic rings. The van der Waals surface area contributed by atoms with Crippen molar-refractivity contribution in [1.29, 1.82) is 0 Å². The van der Waals surface area contributed by atoms with E-state index in [9.17, 15) is 15.3 Å². The molecule has 8 unspecified atom stereocenters. The fourth-order valence-electron chi connectivity index (χ4n) is 4.01. The highest BCUT2D eigenvalue weighted by Crippen LogP contribution is 2.48. The third-order valence-corrected chi connectivity index (χ3v) is 5.84. The lowest BCUT2D eigenvalue weighted by Crippen LogP contribution is -2.61. The molecule has 136 valence electrons. The summed E-state index contributed by atoms with van der Waals surface area (Å²) in [6, 6.07) is 0. The molecule has 1 saturated carbocycles. The maximum atomic E-state index is 10.3. The summed E-state index contributed by atoms with van der Waals surface area (Å²) in [5.41, 5.74) is -0.442. The second-order valence-electron chi connectivity index (χ2n) is 8.54. The summed E-state index contributed by atoms with van der Waals surface area (Å²) in [6.07, 6.45) is -3.29. The number of aliphatic hydroxyl groups is 3. The van der Waals surface area contributed by atoms with Gasteiger partial charge in [0.05, 0.1) is 11.7 Å². The number of aliphatic hydroxyl groups excluding tert-OH is 3. The van der Waals surface area contributed by atoms with Crippen molar-refractivity contribution in [1.82, 2.24) is 0 Å². The van der Waals surface area contributed by atoms with E-state index in [1.807, 2.05) is 27.7 Å². The normalized spacial score (nSPS) is 45.1. The van der Waals surface area contributed by atoms with Gasteiger partial charge >= 0.3 is 0 Å². The van der Waals surface area contributed by atoms with Crippen LogP contribution in [-0.4, -0.2) is 51.6 Å². The van der Waals surface area contributed by atoms with Crippen LogP contribution < -0.4 is 0 Å². The van der Waals surface area contributed by atoms with E-state index in [0.717, 1.165) is 6.42 Å². The maximum Gasteiger partial charge on any atom is 0.187 e. The molecule has 0 radical (unpaired) electrons. The molecule has 1 heterocycles. The van der Waals surface area contributed by atoms with Gasteiger partial charge in [0.15, 0.2) is 6.29 Å². The van der Waals surface area contributed by atoms with Gasteiger partial charge in [-0.1, -0.05) is 27.7 Å². The topological polar surface area (TPSA) is 79.2 Å². The summed E-state index contributed by atoms with van der Waals surface area (Å²) in [4.78, 5) is 0. The van der Waals surface area contributed by atoms with Crippen molar-refractivity contribution in [2.24, 2.45) is 23.7 Å². The molecule has 0 bridgehead atoms. The van der Waals surface area contributed by atoms with E-state index >= 15 is 0 Å². The van der Waals surface area contributed by atoms with Crippen LogP contribution in [-0.2, 0) is 9.47 Å². The summed E-state index contributed by atoms with van der Waals surface area (Å²) in [6.45, 7) is 12.6. The largest absolute Gasteiger partial charge is 0.388 e. The standard InChI is InChI=1S/C18H34O5/c1-9(2)7-13-14(19)15(20)16(21)17(22-13)23-18(5,6)12-8-10(3)11(12)4/h9-17,19-21H,7-8H2,1-6H3. The third kappa shape index (κ3) is 3.90. The lowest BCUT2D eigenvalue weighted by molar-refractivity contribution is -0.332. The molecule has 2 rings (SSSR count). The van der Waals surface area contributed by atoms with Crippen LogP contribution in [0.15, 0.2) is 0 Å². The Morgan fingerprint density at radius 2 is 1.70 bits per heavy atom. The molecule has 0 spiro atoms. The quantitative estimate of drug-likeness (QED) is 0.718. The van der Waals surface area contributed by atoms with Gasteiger partial charge in [0.25, 0.3) is 0 Å². The molecule has 1 aliphatic carbocycles. The van der Waals surface area contributed by atoms with Crippen molar-refractivity contribution in [3.8, 4) is 0 Å². The first-order valence-corrected chi connectivity index (χ1v) is 8.92. The van der Waals surface area contributed by atoms with E-state index in [0.29, 0.717) is 30.1 Å². The monoisotopic (exact) mass is 330 g/mol. The zero-order chi connectivity index (χ0) is 17.5. The molecule has 5 nitrogen and oxygen atoms in total. The smallest absolute Gasteiger partial charge is 0.187 e. The lowest BCUT2D eigenvalue weighted by Gasteiger charge is -2.52. The first-order chi connectivity index (χ1) is 10.5. The fraction of sp³-hybridized carbons (Fsp3) is 1.00. The van der Waals surface area contributed by atoms with E-state index in [1.165, 1.54) is 0 Å². The van der Waals surface area contributed by atoms with Gasteiger partial charge in [-0.3, -0.25) is 0 Å². The third-order valence-electron chi connectivity index (χ3n) is 5.84. The van der Waals surface area contributed by atoms with E-state index in [1.54, 1.807) is 0 Å². The number of rotatable bonds is 5. The minimum Gasteiger partial charge on any atom is -0.388 e. The summed E-state index contributed by atoms with van der Waals surface area (Å²) in [7, 11) is 0. The molecule has 0 amide bonds. The van der Waals surface area contributed by atoms with Crippen molar-refractivity contribution in [2.75, 3.05) is 0 Å². The summed E-state index contributed by atoms with van der Waals surface area (Å²) >= 11 is 0. The Hall–Kier alpha value is -0.200. The zero-order valence-corrected chi connectivity index (χ0v) is 15.3. The highest BCUT2D eigenvalue weighted by molar-refractivity contribution is 4.96. The highest BCUT2D eigenvalue weighted by atomic mass is 16.7. The van der Waals surface area contributed by atoms with Gasteiger partial charge in [-0.15, -0.1) is 0 Å². The van der Waals surface area contributed by atoms with E-state index in [2.05, 4.69) is 13.8 Å². The van der Waals surface area contributed by atoms with Gasteiger partial charge in [-0.05, 0) is 50.4 Å². The molecule has 0 aromatic heterocycles. The second-order valence-corrected chi connectivity index (χ2v) is 8.54. The van der Waals surface area contributed by atoms with Crippen molar-refractivity contribution < 1.29 is 24.8 Å². The summed E-state index contributed by atoms with van der Waals surface area (Å²) in [5, 5.41) is 30.5. The van der Waals surface area contributed by atoms with Crippen LogP contribution in [0.3, 0.4) is 0 Å². The fourth-order valence-corrected chi connectivity index (χ4v) is 4.01. The summed E-state index contributed by atoms with van der Waals surface area (Å²) in [5.74, 6) is 1.97. The van der Waals surface area contributed by atoms with E-state index in [-0.39, 0.29) is 0 Å². The Morgan fingerprint density at radius 3 is 2.17 bits per heavy atom. The number of hydrogen-bond donors (Lipinski definition) is 3. The van der Waals surface area contributed by atoms with Crippen molar-refractivity contribution in [3.05, 3.63) is 0 Å². The van der Waals surface area contributed by atoms with Crippen LogP contribution in [0.2, 0.25) is 0 Å². The Labute approximate surface area is 140 Å². The molecule has 0 aromatic carbocycles.